The van der Waals surface area contributed by atoms with Gasteiger partial charge in [-0.1, -0.05) is 180 Å². The Labute approximate surface area is 312 Å². The molecular weight excluding hydrogens is 646 g/mol. The summed E-state index contributed by atoms with van der Waals surface area (Å²) in [5.41, 5.74) is 0. The molecule has 51 heavy (non-hydrogen) atoms. The van der Waals surface area contributed by atoms with Crippen LogP contribution in [0, 0.1) is 0 Å². The van der Waals surface area contributed by atoms with Crippen LogP contribution in [0.3, 0.4) is 0 Å². The topological polar surface area (TPSA) is 149 Å². The Morgan fingerprint density at radius 1 is 0.647 bits per heavy atom. The Balaban J connectivity index is 2.38. The average molecular weight is 728 g/mol. The second kappa shape index (κ2) is 33.5. The van der Waals surface area contributed by atoms with Crippen molar-refractivity contribution in [1.82, 2.24) is 5.32 Å². The predicted octanol–water partition coefficient (Wildman–Crippen LogP) is 8.17. The number of aliphatic hydroxyl groups is 5. The van der Waals surface area contributed by atoms with E-state index in [0.717, 1.165) is 38.5 Å². The first kappa shape index (κ1) is 48.0. The van der Waals surface area contributed by atoms with Crippen molar-refractivity contribution in [1.29, 1.82) is 0 Å². The van der Waals surface area contributed by atoms with Crippen LogP contribution < -0.4 is 5.32 Å². The number of ether oxygens (including phenoxy) is 2. The number of amides is 1. The standard InChI is InChI=1S/C42H81NO8/c1-3-5-7-9-11-13-15-17-18-19-20-22-24-26-28-30-32-38(46)43-35(34-50-42-41(49)40(48)39(47)37(33-44)51-42)36(45)31-29-27-25-23-21-16-14-12-10-8-6-4-2/h29,31,35-37,39-42,44-45,47-49H,3-28,30,32-34H2,1-2H3,(H,43,46)/b31-29+/t35-,36+,37+,39-,40?,41?,42+/m0/s1. The third-order valence-corrected chi connectivity index (χ3v) is 10.4. The van der Waals surface area contributed by atoms with Crippen LogP contribution in [0.1, 0.15) is 194 Å². The van der Waals surface area contributed by atoms with Gasteiger partial charge in [-0.2, -0.15) is 0 Å². The second-order valence-electron chi connectivity index (χ2n) is 15.1. The Kier molecular flexibility index (Phi) is 31.5. The molecule has 0 aromatic carbocycles. The Morgan fingerprint density at radius 3 is 1.53 bits per heavy atom. The number of allylic oxidation sites excluding steroid dienone is 1. The molecule has 0 bridgehead atoms. The molecule has 9 nitrogen and oxygen atoms in total. The molecule has 0 aromatic heterocycles. The largest absolute Gasteiger partial charge is 0.394 e. The van der Waals surface area contributed by atoms with E-state index in [9.17, 15) is 30.3 Å². The van der Waals surface area contributed by atoms with Crippen LogP contribution in [0.15, 0.2) is 12.2 Å². The molecular formula is C42H81NO8. The third-order valence-electron chi connectivity index (χ3n) is 10.4. The lowest BCUT2D eigenvalue weighted by Crippen LogP contribution is -2.60. The number of hydrogen-bond donors (Lipinski definition) is 6. The van der Waals surface area contributed by atoms with E-state index in [1.54, 1.807) is 6.08 Å². The SMILES string of the molecule is CCCCCCCCCCCC/C=C/[C@@H](O)[C@H](CO[C@@H]1O[C@H](CO)[C@H](O)C(O)C1O)NC(=O)CCCCCCCCCCCCCCCCCC. The molecule has 7 atom stereocenters. The lowest BCUT2D eigenvalue weighted by Gasteiger charge is -2.40. The van der Waals surface area contributed by atoms with Gasteiger partial charge in [-0.3, -0.25) is 4.79 Å². The van der Waals surface area contributed by atoms with Gasteiger partial charge in [0.25, 0.3) is 0 Å². The van der Waals surface area contributed by atoms with Gasteiger partial charge in [0.15, 0.2) is 6.29 Å². The average Bonchev–Trinajstić information content (AvgIpc) is 3.13. The second-order valence-corrected chi connectivity index (χ2v) is 15.1. The molecule has 0 spiro atoms. The number of unbranched alkanes of at least 4 members (excludes halogenated alkanes) is 25. The van der Waals surface area contributed by atoms with E-state index in [0.29, 0.717) is 6.42 Å². The molecule has 1 saturated heterocycles. The zero-order chi connectivity index (χ0) is 37.4. The van der Waals surface area contributed by atoms with Gasteiger partial charge in [0.1, 0.15) is 24.4 Å². The number of nitrogens with one attached hydrogen (secondary N) is 1. The van der Waals surface area contributed by atoms with Crippen LogP contribution in [0.5, 0.6) is 0 Å². The number of hydrogen-bond acceptors (Lipinski definition) is 8. The fraction of sp³-hybridized carbons (Fsp3) is 0.929. The lowest BCUT2D eigenvalue weighted by molar-refractivity contribution is -0.302. The van der Waals surface area contributed by atoms with E-state index in [2.05, 4.69) is 19.2 Å². The van der Waals surface area contributed by atoms with Crippen LogP contribution in [-0.4, -0.2) is 87.5 Å². The predicted molar refractivity (Wildman–Crippen MR) is 207 cm³/mol. The minimum absolute atomic E-state index is 0.176. The van der Waals surface area contributed by atoms with Gasteiger partial charge in [0, 0.05) is 6.42 Å². The van der Waals surface area contributed by atoms with Crippen LogP contribution in [-0.2, 0) is 14.3 Å². The molecule has 1 heterocycles. The summed E-state index contributed by atoms with van der Waals surface area (Å²) in [6.07, 6.45) is 29.6. The van der Waals surface area contributed by atoms with E-state index >= 15 is 0 Å². The van der Waals surface area contributed by atoms with Crippen molar-refractivity contribution in [2.75, 3.05) is 13.2 Å². The zero-order valence-corrected chi connectivity index (χ0v) is 32.9. The number of aliphatic hydroxyl groups excluding tert-OH is 5. The molecule has 0 aliphatic carbocycles. The fourth-order valence-electron chi connectivity index (χ4n) is 6.86. The summed E-state index contributed by atoms with van der Waals surface area (Å²) in [7, 11) is 0. The maximum Gasteiger partial charge on any atom is 0.220 e. The molecule has 0 saturated carbocycles. The first-order valence-electron chi connectivity index (χ1n) is 21.4. The molecule has 0 aromatic rings. The van der Waals surface area contributed by atoms with E-state index in [1.807, 2.05) is 6.08 Å². The van der Waals surface area contributed by atoms with E-state index < -0.39 is 49.5 Å². The van der Waals surface area contributed by atoms with Gasteiger partial charge in [0.05, 0.1) is 25.4 Å². The maximum absolute atomic E-state index is 12.9. The quantitative estimate of drug-likeness (QED) is 0.0283. The Morgan fingerprint density at radius 2 is 1.08 bits per heavy atom. The van der Waals surface area contributed by atoms with Gasteiger partial charge in [0.2, 0.25) is 5.91 Å². The summed E-state index contributed by atoms with van der Waals surface area (Å²) < 4.78 is 11.2. The summed E-state index contributed by atoms with van der Waals surface area (Å²) in [5, 5.41) is 54.0. The van der Waals surface area contributed by atoms with Gasteiger partial charge < -0.3 is 40.3 Å². The zero-order valence-electron chi connectivity index (χ0n) is 32.9. The summed E-state index contributed by atoms with van der Waals surface area (Å²) in [5.74, 6) is -0.176. The van der Waals surface area contributed by atoms with Crippen LogP contribution in [0.4, 0.5) is 0 Å². The van der Waals surface area contributed by atoms with Crippen molar-refractivity contribution in [3.05, 3.63) is 12.2 Å². The fourth-order valence-corrected chi connectivity index (χ4v) is 6.86. The molecule has 9 heteroatoms. The molecule has 0 radical (unpaired) electrons. The van der Waals surface area contributed by atoms with E-state index in [-0.39, 0.29) is 12.5 Å². The van der Waals surface area contributed by atoms with Gasteiger partial charge in [-0.15, -0.1) is 0 Å². The van der Waals surface area contributed by atoms with Crippen molar-refractivity contribution < 1.29 is 39.8 Å². The monoisotopic (exact) mass is 728 g/mol. The summed E-state index contributed by atoms with van der Waals surface area (Å²) in [4.78, 5) is 12.9. The van der Waals surface area contributed by atoms with Crippen LogP contribution in [0.25, 0.3) is 0 Å². The number of carbonyl (C=O) groups is 1. The highest BCUT2D eigenvalue weighted by molar-refractivity contribution is 5.76. The lowest BCUT2D eigenvalue weighted by atomic mass is 9.99. The molecule has 302 valence electrons. The molecule has 1 amide bonds. The molecule has 1 fully saturated rings. The third kappa shape index (κ3) is 24.8. The molecule has 2 unspecified atom stereocenters. The first-order valence-corrected chi connectivity index (χ1v) is 21.4. The summed E-state index contributed by atoms with van der Waals surface area (Å²) >= 11 is 0. The normalized spacial score (nSPS) is 22.1. The number of rotatable bonds is 35. The van der Waals surface area contributed by atoms with E-state index in [4.69, 9.17) is 9.47 Å². The summed E-state index contributed by atoms with van der Waals surface area (Å²) in [6.45, 7) is 3.76. The number of carbonyl (C=O) groups excluding carboxylic acids is 1. The molecule has 6 N–H and O–H groups in total. The van der Waals surface area contributed by atoms with Gasteiger partial charge in [-0.25, -0.2) is 0 Å². The highest BCUT2D eigenvalue weighted by atomic mass is 16.7. The molecule has 1 aliphatic heterocycles. The van der Waals surface area contributed by atoms with Crippen molar-refractivity contribution in [3.8, 4) is 0 Å². The Hall–Kier alpha value is -1.07. The maximum atomic E-state index is 12.9. The highest BCUT2D eigenvalue weighted by Crippen LogP contribution is 2.22. The first-order chi connectivity index (χ1) is 24.8. The van der Waals surface area contributed by atoms with Crippen molar-refractivity contribution in [2.45, 2.75) is 236 Å². The summed E-state index contributed by atoms with van der Waals surface area (Å²) in [6, 6.07) is -0.796. The minimum atomic E-state index is -1.56. The molecule has 1 rings (SSSR count). The van der Waals surface area contributed by atoms with Gasteiger partial charge >= 0.3 is 0 Å². The van der Waals surface area contributed by atoms with Crippen LogP contribution >= 0.6 is 0 Å². The van der Waals surface area contributed by atoms with E-state index in [1.165, 1.54) is 135 Å². The molecule has 1 aliphatic rings. The van der Waals surface area contributed by atoms with Crippen molar-refractivity contribution in [2.24, 2.45) is 0 Å². The van der Waals surface area contributed by atoms with Crippen molar-refractivity contribution in [3.63, 3.8) is 0 Å². The van der Waals surface area contributed by atoms with Crippen molar-refractivity contribution >= 4 is 5.91 Å². The van der Waals surface area contributed by atoms with Gasteiger partial charge in [-0.05, 0) is 19.3 Å². The highest BCUT2D eigenvalue weighted by Gasteiger charge is 2.44. The van der Waals surface area contributed by atoms with Crippen LogP contribution in [0.2, 0.25) is 0 Å². The minimum Gasteiger partial charge on any atom is -0.394 e. The smallest absolute Gasteiger partial charge is 0.220 e. The Bertz CT molecular complexity index is 812.